The second-order valence-corrected chi connectivity index (χ2v) is 5.34. The van der Waals surface area contributed by atoms with Crippen LogP contribution in [-0.4, -0.2) is 21.3 Å². The number of nitrogens with zero attached hydrogens (tertiary/aromatic N) is 3. The lowest BCUT2D eigenvalue weighted by molar-refractivity contribution is 0.420. The van der Waals surface area contributed by atoms with Crippen LogP contribution in [0.15, 0.2) is 22.9 Å². The lowest BCUT2D eigenvalue weighted by Crippen LogP contribution is -2.25. The minimum Gasteiger partial charge on any atom is -0.423 e. The molecule has 0 saturated heterocycles. The van der Waals surface area contributed by atoms with Crippen molar-refractivity contribution in [2.75, 3.05) is 6.54 Å². The Kier molecular flexibility index (Phi) is 4.95. The van der Waals surface area contributed by atoms with E-state index in [0.29, 0.717) is 30.3 Å². The van der Waals surface area contributed by atoms with E-state index in [0.717, 1.165) is 13.0 Å². The number of aromatic nitrogens is 3. The second kappa shape index (κ2) is 6.70. The molecule has 0 fully saturated rings. The first kappa shape index (κ1) is 14.8. The first-order chi connectivity index (χ1) is 9.63. The number of aryl methyl sites for hydroxylation is 1. The normalized spacial score (nSPS) is 13.1. The second-order valence-electron chi connectivity index (χ2n) is 5.34. The highest BCUT2D eigenvalue weighted by molar-refractivity contribution is 5.16. The third-order valence-corrected chi connectivity index (χ3v) is 3.35. The van der Waals surface area contributed by atoms with Crippen molar-refractivity contribution in [3.63, 3.8) is 0 Å². The summed E-state index contributed by atoms with van der Waals surface area (Å²) in [7, 11) is 0. The Morgan fingerprint density at radius 2 is 2.00 bits per heavy atom. The molecule has 2 aromatic rings. The Balaban J connectivity index is 2.07. The van der Waals surface area contributed by atoms with E-state index < -0.39 is 0 Å². The van der Waals surface area contributed by atoms with E-state index in [4.69, 9.17) is 4.42 Å². The average Bonchev–Trinajstić information content (AvgIpc) is 3.05. The van der Waals surface area contributed by atoms with E-state index in [1.165, 1.54) is 5.56 Å². The molecule has 110 valence electrons. The summed E-state index contributed by atoms with van der Waals surface area (Å²) in [5.41, 5.74) is 1.30. The standard InChI is InChI=1S/C15H24N4O/c1-5-13-17-18-14(20-13)10-19-8-7-12(9-19)15(11(3)4)16-6-2/h7-9,11,15-16H,5-6,10H2,1-4H3. The van der Waals surface area contributed by atoms with Crippen LogP contribution in [0, 0.1) is 5.92 Å². The van der Waals surface area contributed by atoms with Gasteiger partial charge in [-0.1, -0.05) is 27.7 Å². The van der Waals surface area contributed by atoms with Crippen LogP contribution in [0.3, 0.4) is 0 Å². The van der Waals surface area contributed by atoms with Gasteiger partial charge in [-0.25, -0.2) is 0 Å². The van der Waals surface area contributed by atoms with Crippen LogP contribution in [0.2, 0.25) is 0 Å². The molecule has 0 aliphatic rings. The van der Waals surface area contributed by atoms with E-state index in [-0.39, 0.29) is 0 Å². The van der Waals surface area contributed by atoms with Gasteiger partial charge in [-0.05, 0) is 24.1 Å². The molecule has 0 bridgehead atoms. The molecule has 20 heavy (non-hydrogen) atoms. The van der Waals surface area contributed by atoms with Gasteiger partial charge in [0.25, 0.3) is 0 Å². The lowest BCUT2D eigenvalue weighted by Gasteiger charge is -2.20. The zero-order valence-electron chi connectivity index (χ0n) is 12.8. The van der Waals surface area contributed by atoms with Gasteiger partial charge in [0.1, 0.15) is 6.54 Å². The largest absolute Gasteiger partial charge is 0.423 e. The van der Waals surface area contributed by atoms with E-state index >= 15 is 0 Å². The summed E-state index contributed by atoms with van der Waals surface area (Å²) in [6.07, 6.45) is 5.00. The van der Waals surface area contributed by atoms with Gasteiger partial charge in [0, 0.05) is 24.9 Å². The average molecular weight is 276 g/mol. The summed E-state index contributed by atoms with van der Waals surface area (Å²) < 4.78 is 7.64. The number of hydrogen-bond donors (Lipinski definition) is 1. The lowest BCUT2D eigenvalue weighted by atomic mass is 9.98. The maximum Gasteiger partial charge on any atom is 0.236 e. The molecule has 2 aromatic heterocycles. The van der Waals surface area contributed by atoms with Gasteiger partial charge in [0.2, 0.25) is 11.8 Å². The molecule has 5 nitrogen and oxygen atoms in total. The topological polar surface area (TPSA) is 55.9 Å². The minimum atomic E-state index is 0.384. The van der Waals surface area contributed by atoms with Crippen molar-refractivity contribution in [1.29, 1.82) is 0 Å². The molecule has 2 rings (SSSR count). The molecule has 1 N–H and O–H groups in total. The molecular formula is C15H24N4O. The summed E-state index contributed by atoms with van der Waals surface area (Å²) >= 11 is 0. The van der Waals surface area contributed by atoms with Crippen LogP contribution in [0.5, 0.6) is 0 Å². The summed E-state index contributed by atoms with van der Waals surface area (Å²) in [4.78, 5) is 0. The fourth-order valence-electron chi connectivity index (χ4n) is 2.35. The monoisotopic (exact) mass is 276 g/mol. The van der Waals surface area contributed by atoms with Crippen LogP contribution < -0.4 is 5.32 Å². The molecular weight excluding hydrogens is 252 g/mol. The quantitative estimate of drug-likeness (QED) is 0.845. The van der Waals surface area contributed by atoms with Crippen molar-refractivity contribution in [3.8, 4) is 0 Å². The van der Waals surface area contributed by atoms with Crippen LogP contribution in [0.1, 0.15) is 51.1 Å². The zero-order valence-corrected chi connectivity index (χ0v) is 12.8. The summed E-state index contributed by atoms with van der Waals surface area (Å²) in [6, 6.07) is 2.54. The van der Waals surface area contributed by atoms with Crippen LogP contribution in [0.25, 0.3) is 0 Å². The van der Waals surface area contributed by atoms with E-state index in [9.17, 15) is 0 Å². The highest BCUT2D eigenvalue weighted by Gasteiger charge is 2.16. The summed E-state index contributed by atoms with van der Waals surface area (Å²) in [5.74, 6) is 1.91. The third kappa shape index (κ3) is 3.48. The summed E-state index contributed by atoms with van der Waals surface area (Å²) in [5, 5.41) is 11.6. The van der Waals surface area contributed by atoms with Gasteiger partial charge in [-0.2, -0.15) is 0 Å². The highest BCUT2D eigenvalue weighted by Crippen LogP contribution is 2.22. The van der Waals surface area contributed by atoms with Gasteiger partial charge >= 0.3 is 0 Å². The smallest absolute Gasteiger partial charge is 0.236 e. The molecule has 0 aromatic carbocycles. The van der Waals surface area contributed by atoms with E-state index in [1.807, 2.05) is 6.92 Å². The minimum absolute atomic E-state index is 0.384. The molecule has 5 heteroatoms. The molecule has 0 spiro atoms. The van der Waals surface area contributed by atoms with Crippen molar-refractivity contribution in [2.45, 2.75) is 46.7 Å². The van der Waals surface area contributed by atoms with Crippen LogP contribution in [0.4, 0.5) is 0 Å². The number of rotatable bonds is 7. The molecule has 0 aliphatic heterocycles. The fraction of sp³-hybridized carbons (Fsp3) is 0.600. The van der Waals surface area contributed by atoms with Gasteiger partial charge < -0.3 is 14.3 Å². The molecule has 0 saturated carbocycles. The van der Waals surface area contributed by atoms with Gasteiger partial charge in [-0.3, -0.25) is 0 Å². The molecule has 0 amide bonds. The van der Waals surface area contributed by atoms with E-state index in [2.05, 4.69) is 59.3 Å². The zero-order chi connectivity index (χ0) is 14.5. The SMILES string of the molecule is CCNC(c1ccn(Cc2nnc(CC)o2)c1)C(C)C. The van der Waals surface area contributed by atoms with Crippen LogP contribution >= 0.6 is 0 Å². The van der Waals surface area contributed by atoms with E-state index in [1.54, 1.807) is 0 Å². The predicted molar refractivity (Wildman–Crippen MR) is 78.5 cm³/mol. The Morgan fingerprint density at radius 1 is 1.25 bits per heavy atom. The molecule has 2 heterocycles. The number of nitrogens with one attached hydrogen (secondary N) is 1. The van der Waals surface area contributed by atoms with Crippen molar-refractivity contribution in [3.05, 3.63) is 35.8 Å². The first-order valence-corrected chi connectivity index (χ1v) is 7.34. The Hall–Kier alpha value is -1.62. The van der Waals surface area contributed by atoms with Gasteiger partial charge in [-0.15, -0.1) is 10.2 Å². The first-order valence-electron chi connectivity index (χ1n) is 7.34. The van der Waals surface area contributed by atoms with Crippen molar-refractivity contribution in [2.24, 2.45) is 5.92 Å². The van der Waals surface area contributed by atoms with Crippen molar-refractivity contribution >= 4 is 0 Å². The molecule has 0 aliphatic carbocycles. The molecule has 1 unspecified atom stereocenters. The van der Waals surface area contributed by atoms with Gasteiger partial charge in [0.15, 0.2) is 0 Å². The Bertz CT molecular complexity index is 529. The van der Waals surface area contributed by atoms with Crippen LogP contribution in [-0.2, 0) is 13.0 Å². The summed E-state index contributed by atoms with van der Waals surface area (Å²) in [6.45, 7) is 10.2. The number of hydrogen-bond acceptors (Lipinski definition) is 4. The fourth-order valence-corrected chi connectivity index (χ4v) is 2.35. The van der Waals surface area contributed by atoms with Crippen molar-refractivity contribution < 1.29 is 4.42 Å². The highest BCUT2D eigenvalue weighted by atomic mass is 16.4. The molecule has 1 atom stereocenters. The van der Waals surface area contributed by atoms with Crippen molar-refractivity contribution in [1.82, 2.24) is 20.1 Å². The third-order valence-electron chi connectivity index (χ3n) is 3.35. The van der Waals surface area contributed by atoms with Gasteiger partial charge in [0.05, 0.1) is 0 Å². The molecule has 0 radical (unpaired) electrons. The predicted octanol–water partition coefficient (Wildman–Crippen LogP) is 2.79. The maximum absolute atomic E-state index is 5.54. The Labute approximate surface area is 120 Å². The Morgan fingerprint density at radius 3 is 2.60 bits per heavy atom. The maximum atomic E-state index is 5.54.